The number of nitrogens with one attached hydrogen (secondary N) is 3. The maximum absolute atomic E-state index is 14.7. The normalized spacial score (nSPS) is 24.9. The highest BCUT2D eigenvalue weighted by molar-refractivity contribution is 7.91. The fraction of sp³-hybridized carbons (Fsp3) is 0.523. The Balaban J connectivity index is 1.24. The molecule has 2 unspecified atom stereocenters. The molecule has 2 aromatic carbocycles. The average molecular weight is 845 g/mol. The summed E-state index contributed by atoms with van der Waals surface area (Å²) in [5.41, 5.74) is 0.0881. The number of fused-ring (bicyclic) bond motifs is 3. The molecule has 1 aromatic heterocycles. The van der Waals surface area contributed by atoms with Gasteiger partial charge in [-0.2, -0.15) is 0 Å². The maximum Gasteiger partial charge on any atom is 0.408 e. The third-order valence-corrected chi connectivity index (χ3v) is 13.3. The Kier molecular flexibility index (Phi) is 12.1. The van der Waals surface area contributed by atoms with Crippen molar-refractivity contribution in [1.29, 1.82) is 0 Å². The highest BCUT2D eigenvalue weighted by Crippen LogP contribution is 2.46. The molecule has 60 heavy (non-hydrogen) atoms. The van der Waals surface area contributed by atoms with Crippen LogP contribution in [-0.4, -0.2) is 104 Å². The Hall–Kier alpha value is -5.38. The number of carbonyl (C=O) groups excluding carboxylic acids is 4. The summed E-state index contributed by atoms with van der Waals surface area (Å²) in [6.07, 6.45) is 6.63. The van der Waals surface area contributed by atoms with Crippen molar-refractivity contribution in [2.75, 3.05) is 32.6 Å². The van der Waals surface area contributed by atoms with Crippen LogP contribution in [0, 0.1) is 5.92 Å². The van der Waals surface area contributed by atoms with Crippen molar-refractivity contribution in [2.24, 2.45) is 5.92 Å². The minimum absolute atomic E-state index is 0.0288. The number of alkyl carbamates (subject to hydrolysis) is 1. The second kappa shape index (κ2) is 16.9. The monoisotopic (exact) mass is 844 g/mol. The summed E-state index contributed by atoms with van der Waals surface area (Å²) in [7, 11) is 1.60. The molecule has 0 bridgehead atoms. The van der Waals surface area contributed by atoms with Gasteiger partial charge >= 0.3 is 6.09 Å². The topological polar surface area (TPSA) is 186 Å². The third kappa shape index (κ3) is 9.64. The summed E-state index contributed by atoms with van der Waals surface area (Å²) in [5.74, 6) is -1.36. The van der Waals surface area contributed by atoms with Crippen LogP contribution >= 0.6 is 0 Å². The maximum atomic E-state index is 14.7. The first-order valence-corrected chi connectivity index (χ1v) is 22.3. The smallest absolute Gasteiger partial charge is 0.408 e. The van der Waals surface area contributed by atoms with Gasteiger partial charge in [0.2, 0.25) is 27.7 Å². The molecule has 4 amide bonds. The number of amides is 4. The predicted molar refractivity (Wildman–Crippen MR) is 227 cm³/mol. The molecule has 0 radical (unpaired) electrons. The largest absolute Gasteiger partial charge is 0.497 e. The highest BCUT2D eigenvalue weighted by atomic mass is 32.2. The first-order valence-electron chi connectivity index (χ1n) is 20.7. The van der Waals surface area contributed by atoms with Gasteiger partial charge in [-0.1, -0.05) is 25.0 Å². The van der Waals surface area contributed by atoms with Gasteiger partial charge in [0, 0.05) is 43.1 Å². The summed E-state index contributed by atoms with van der Waals surface area (Å²) in [5, 5.41) is 6.63. The van der Waals surface area contributed by atoms with Gasteiger partial charge in [-0.15, -0.1) is 0 Å². The van der Waals surface area contributed by atoms with E-state index in [1.165, 1.54) is 4.90 Å². The van der Waals surface area contributed by atoms with Crippen LogP contribution < -0.4 is 29.7 Å². The molecular weight excluding hydrogens is 789 g/mol. The van der Waals surface area contributed by atoms with Gasteiger partial charge in [-0.25, -0.2) is 18.2 Å². The van der Waals surface area contributed by atoms with E-state index in [1.54, 1.807) is 27.9 Å². The van der Waals surface area contributed by atoms with Crippen LogP contribution in [-0.2, 0) is 29.1 Å². The fourth-order valence-corrected chi connectivity index (χ4v) is 9.31. The van der Waals surface area contributed by atoms with Crippen molar-refractivity contribution in [3.8, 4) is 22.9 Å². The van der Waals surface area contributed by atoms with Crippen LogP contribution in [0.15, 0.2) is 60.7 Å². The van der Waals surface area contributed by atoms with Gasteiger partial charge in [0.25, 0.3) is 5.91 Å². The molecule has 3 fully saturated rings. The van der Waals surface area contributed by atoms with E-state index in [4.69, 9.17) is 19.2 Å². The lowest BCUT2D eigenvalue weighted by Gasteiger charge is -2.30. The van der Waals surface area contributed by atoms with Gasteiger partial charge in [0.05, 0.1) is 24.6 Å². The Morgan fingerprint density at radius 2 is 1.75 bits per heavy atom. The fourth-order valence-electron chi connectivity index (χ4n) is 7.95. The van der Waals surface area contributed by atoms with Crippen molar-refractivity contribution in [2.45, 2.75) is 113 Å². The number of hydrogen-bond acceptors (Lipinski definition) is 11. The number of aromatic nitrogens is 1. The molecule has 15 nitrogen and oxygen atoms in total. The standard InChI is InChI=1S/C44H56N6O9S/c1-43(2,3)59-42(54)46-35-13-11-9-7-8-10-12-29-25-44(29,41(53)48-60(55,56)33-19-20-33)47-38(51)37-24-32(26-50(37)40(35)52)58-39-34-21-16-30(49(4)5)22-28(34)23-36(45-39)27-14-17-31(57-6)18-15-27/h10,12,14-18,21-23,29,32-33,35,37H,7-9,11,13,19-20,24-26H2,1-6H3,(H,46,54)(H,47,51)(H,48,53)/t29?,32?,35-,37-,44+/m0/s1. The predicted octanol–water partition coefficient (Wildman–Crippen LogP) is 5.22. The lowest BCUT2D eigenvalue weighted by atomic mass is 10.0. The van der Waals surface area contributed by atoms with Crippen molar-refractivity contribution in [1.82, 2.24) is 25.2 Å². The van der Waals surface area contributed by atoms with E-state index >= 15 is 0 Å². The zero-order valence-electron chi connectivity index (χ0n) is 35.2. The van der Waals surface area contributed by atoms with Crippen LogP contribution in [0.5, 0.6) is 11.6 Å². The number of pyridine rings is 1. The zero-order valence-corrected chi connectivity index (χ0v) is 36.0. The van der Waals surface area contributed by atoms with Crippen LogP contribution in [0.4, 0.5) is 10.5 Å². The van der Waals surface area contributed by atoms with E-state index in [1.807, 2.05) is 79.7 Å². The second-order valence-electron chi connectivity index (χ2n) is 17.5. The molecule has 2 saturated carbocycles. The number of nitrogens with zero attached hydrogens (tertiary/aromatic N) is 3. The third-order valence-electron chi connectivity index (χ3n) is 11.5. The number of carbonyl (C=O) groups is 4. The zero-order chi connectivity index (χ0) is 43.0. The van der Waals surface area contributed by atoms with Gasteiger partial charge in [-0.3, -0.25) is 19.1 Å². The molecule has 3 N–H and O–H groups in total. The minimum Gasteiger partial charge on any atom is -0.497 e. The summed E-state index contributed by atoms with van der Waals surface area (Å²) in [4.78, 5) is 64.7. The molecule has 16 heteroatoms. The second-order valence-corrected chi connectivity index (χ2v) is 19.5. The van der Waals surface area contributed by atoms with Crippen molar-refractivity contribution < 1.29 is 41.8 Å². The van der Waals surface area contributed by atoms with Crippen LogP contribution in [0.3, 0.4) is 0 Å². The number of benzene rings is 2. The first kappa shape index (κ1) is 42.7. The Bertz CT molecular complexity index is 2270. The molecule has 2 aliphatic carbocycles. The van der Waals surface area contributed by atoms with Crippen molar-refractivity contribution in [3.05, 3.63) is 60.7 Å². The quantitative estimate of drug-likeness (QED) is 0.240. The van der Waals surface area contributed by atoms with E-state index in [0.717, 1.165) is 34.9 Å². The summed E-state index contributed by atoms with van der Waals surface area (Å²) >= 11 is 0. The molecule has 3 heterocycles. The lowest BCUT2D eigenvalue weighted by Crippen LogP contribution is -2.58. The van der Waals surface area contributed by atoms with E-state index in [-0.39, 0.29) is 19.4 Å². The number of hydrogen-bond donors (Lipinski definition) is 3. The van der Waals surface area contributed by atoms with Crippen LogP contribution in [0.1, 0.15) is 78.6 Å². The van der Waals surface area contributed by atoms with E-state index in [0.29, 0.717) is 49.4 Å². The highest BCUT2D eigenvalue weighted by Gasteiger charge is 2.62. The van der Waals surface area contributed by atoms with Gasteiger partial charge in [0.1, 0.15) is 35.1 Å². The number of rotatable bonds is 9. The molecule has 0 spiro atoms. The van der Waals surface area contributed by atoms with Gasteiger partial charge in [-0.05, 0) is 113 Å². The first-order chi connectivity index (χ1) is 28.5. The molecule has 7 rings (SSSR count). The molecule has 322 valence electrons. The van der Waals surface area contributed by atoms with Crippen LogP contribution in [0.25, 0.3) is 22.0 Å². The number of sulfonamides is 1. The average Bonchev–Trinajstić information content (AvgIpc) is 4.12. The van der Waals surface area contributed by atoms with Crippen LogP contribution in [0.2, 0.25) is 0 Å². The van der Waals surface area contributed by atoms with E-state index < -0.39 is 74.3 Å². The lowest BCUT2D eigenvalue weighted by molar-refractivity contribution is -0.141. The molecule has 2 aliphatic heterocycles. The number of methoxy groups -OCH3 is 1. The Labute approximate surface area is 351 Å². The molecular formula is C44H56N6O9S. The number of allylic oxidation sites excluding steroid dienone is 1. The molecule has 3 aromatic rings. The van der Waals surface area contributed by atoms with E-state index in [2.05, 4.69) is 15.4 Å². The molecule has 1 saturated heterocycles. The van der Waals surface area contributed by atoms with E-state index in [9.17, 15) is 27.6 Å². The van der Waals surface area contributed by atoms with Gasteiger partial charge in [0.15, 0.2) is 0 Å². The molecule has 4 aliphatic rings. The Morgan fingerprint density at radius 3 is 2.43 bits per heavy atom. The summed E-state index contributed by atoms with van der Waals surface area (Å²) in [6, 6.07) is 13.2. The number of anilines is 1. The summed E-state index contributed by atoms with van der Waals surface area (Å²) < 4.78 is 45.8. The van der Waals surface area contributed by atoms with Crippen molar-refractivity contribution >= 4 is 50.3 Å². The Morgan fingerprint density at radius 1 is 1.00 bits per heavy atom. The van der Waals surface area contributed by atoms with Gasteiger partial charge < -0.3 is 34.6 Å². The summed E-state index contributed by atoms with van der Waals surface area (Å²) in [6.45, 7) is 5.17. The number of ether oxygens (including phenoxy) is 3. The SMILES string of the molecule is COc1ccc(-c2cc3cc(N(C)C)ccc3c(OC3C[C@H]4C(=O)N[C@]5(C(=O)NS(=O)(=O)C6CC6)CC5C=CCCCCC[C@H](NC(=O)OC(C)(C)C)C(=O)N4C3)n2)cc1. The minimum atomic E-state index is -3.91. The molecule has 5 atom stereocenters. The van der Waals surface area contributed by atoms with Crippen molar-refractivity contribution in [3.63, 3.8) is 0 Å².